The van der Waals surface area contributed by atoms with Gasteiger partial charge in [0, 0.05) is 29.9 Å². The number of hydrogen-bond acceptors (Lipinski definition) is 3. The van der Waals surface area contributed by atoms with Gasteiger partial charge < -0.3 is 9.64 Å². The molecule has 1 aromatic rings. The summed E-state index contributed by atoms with van der Waals surface area (Å²) in [6, 6.07) is 6.62. The average molecular weight is 232 g/mol. The van der Waals surface area contributed by atoms with Gasteiger partial charge >= 0.3 is 6.09 Å². The number of nitrogens with zero attached hydrogens (tertiary/aromatic N) is 2. The normalized spacial score (nSPS) is 30.6. The molecule has 2 saturated heterocycles. The Morgan fingerprint density at radius 3 is 3.06 bits per heavy atom. The maximum absolute atomic E-state index is 11.7. The van der Waals surface area contributed by atoms with Crippen molar-refractivity contribution in [2.45, 2.75) is 37.3 Å². The van der Waals surface area contributed by atoms with Crippen molar-refractivity contribution < 1.29 is 9.53 Å². The Morgan fingerprint density at radius 1 is 1.47 bits per heavy atom. The molecule has 0 aromatic carbocycles. The van der Waals surface area contributed by atoms with Crippen molar-refractivity contribution in [3.8, 4) is 0 Å². The quantitative estimate of drug-likeness (QED) is 0.745. The van der Waals surface area contributed by atoms with Gasteiger partial charge in [0.25, 0.3) is 0 Å². The van der Waals surface area contributed by atoms with Crippen LogP contribution in [0, 0.1) is 0 Å². The van der Waals surface area contributed by atoms with Crippen molar-refractivity contribution in [3.63, 3.8) is 0 Å². The number of methoxy groups -OCH3 is 1. The minimum Gasteiger partial charge on any atom is -0.453 e. The Hall–Kier alpha value is -1.58. The second kappa shape index (κ2) is 4.02. The number of rotatable bonds is 1. The predicted molar refractivity (Wildman–Crippen MR) is 62.6 cm³/mol. The molecule has 4 heteroatoms. The summed E-state index contributed by atoms with van der Waals surface area (Å²) in [5.41, 5.74) is 1.11. The molecule has 1 aromatic heterocycles. The monoisotopic (exact) mass is 232 g/mol. The van der Waals surface area contributed by atoms with Crippen LogP contribution < -0.4 is 0 Å². The zero-order valence-electron chi connectivity index (χ0n) is 9.87. The number of hydrogen-bond donors (Lipinski definition) is 0. The van der Waals surface area contributed by atoms with Crippen LogP contribution in [0.5, 0.6) is 0 Å². The molecular weight excluding hydrogens is 216 g/mol. The van der Waals surface area contributed by atoms with E-state index in [0.717, 1.165) is 25.0 Å². The van der Waals surface area contributed by atoms with Gasteiger partial charge in [-0.2, -0.15) is 0 Å². The van der Waals surface area contributed by atoms with Gasteiger partial charge in [0.15, 0.2) is 0 Å². The second-order valence-corrected chi connectivity index (χ2v) is 4.77. The first-order chi connectivity index (χ1) is 8.31. The summed E-state index contributed by atoms with van der Waals surface area (Å²) in [7, 11) is 1.45. The zero-order chi connectivity index (χ0) is 11.8. The van der Waals surface area contributed by atoms with Crippen LogP contribution in [0.2, 0.25) is 0 Å². The van der Waals surface area contributed by atoms with Crippen LogP contribution in [0.3, 0.4) is 0 Å². The summed E-state index contributed by atoms with van der Waals surface area (Å²) in [5, 5.41) is 0. The van der Waals surface area contributed by atoms with Crippen molar-refractivity contribution in [2.75, 3.05) is 7.11 Å². The summed E-state index contributed by atoms with van der Waals surface area (Å²) >= 11 is 0. The predicted octanol–water partition coefficient (Wildman–Crippen LogP) is 2.17. The van der Waals surface area contributed by atoms with E-state index in [-0.39, 0.29) is 12.1 Å². The molecule has 0 N–H and O–H groups in total. The molecule has 90 valence electrons. The van der Waals surface area contributed by atoms with E-state index in [9.17, 15) is 4.79 Å². The van der Waals surface area contributed by atoms with Crippen LogP contribution in [-0.2, 0) is 4.74 Å². The number of fused-ring (bicyclic) bond motifs is 2. The third-order valence-electron chi connectivity index (χ3n) is 3.99. The van der Waals surface area contributed by atoms with E-state index in [1.807, 2.05) is 23.2 Å². The Balaban J connectivity index is 1.86. The summed E-state index contributed by atoms with van der Waals surface area (Å²) < 4.78 is 4.87. The smallest absolute Gasteiger partial charge is 0.410 e. The standard InChI is InChI=1S/C13H16N2O2/c1-17-13(16)15-9-5-6-12(15)10(8-9)11-4-2-3-7-14-11/h2-4,7,9-10,12H,5-6,8H2,1H3/t9-,10+,12+/m0/s1. The van der Waals surface area contributed by atoms with Crippen molar-refractivity contribution >= 4 is 6.09 Å². The lowest BCUT2D eigenvalue weighted by Crippen LogP contribution is -2.36. The summed E-state index contributed by atoms with van der Waals surface area (Å²) in [5.74, 6) is 0.383. The molecule has 0 aliphatic carbocycles. The van der Waals surface area contributed by atoms with E-state index in [1.54, 1.807) is 0 Å². The first-order valence-electron chi connectivity index (χ1n) is 6.08. The SMILES string of the molecule is COC(=O)N1[C@H]2CC[C@@H]1[C@@H](c1ccccn1)C2. The van der Waals surface area contributed by atoms with Gasteiger partial charge in [-0.15, -0.1) is 0 Å². The number of carbonyl (C=O) groups is 1. The lowest BCUT2D eigenvalue weighted by molar-refractivity contribution is 0.116. The minimum absolute atomic E-state index is 0.184. The molecule has 17 heavy (non-hydrogen) atoms. The number of aromatic nitrogens is 1. The van der Waals surface area contributed by atoms with E-state index in [4.69, 9.17) is 4.74 Å². The summed E-state index contributed by atoms with van der Waals surface area (Å²) in [4.78, 5) is 18.1. The molecule has 2 bridgehead atoms. The highest BCUT2D eigenvalue weighted by molar-refractivity contribution is 5.69. The highest BCUT2D eigenvalue weighted by atomic mass is 16.5. The summed E-state index contributed by atoms with van der Waals surface area (Å²) in [6.45, 7) is 0. The maximum atomic E-state index is 11.7. The number of carbonyl (C=O) groups excluding carboxylic acids is 1. The largest absolute Gasteiger partial charge is 0.453 e. The van der Waals surface area contributed by atoms with Crippen molar-refractivity contribution in [2.24, 2.45) is 0 Å². The topological polar surface area (TPSA) is 42.4 Å². The highest BCUT2D eigenvalue weighted by Gasteiger charge is 2.49. The van der Waals surface area contributed by atoms with Gasteiger partial charge in [-0.3, -0.25) is 4.98 Å². The van der Waals surface area contributed by atoms with Crippen LogP contribution in [-0.4, -0.2) is 35.2 Å². The van der Waals surface area contributed by atoms with Gasteiger partial charge in [0.05, 0.1) is 7.11 Å². The number of ether oxygens (including phenoxy) is 1. The lowest BCUT2D eigenvalue weighted by Gasteiger charge is -2.22. The molecular formula is C13H16N2O2. The van der Waals surface area contributed by atoms with Crippen LogP contribution in [0.1, 0.15) is 30.9 Å². The molecule has 3 atom stereocenters. The third-order valence-corrected chi connectivity index (χ3v) is 3.99. The van der Waals surface area contributed by atoms with Crippen molar-refractivity contribution in [3.05, 3.63) is 30.1 Å². The second-order valence-electron chi connectivity index (χ2n) is 4.77. The van der Waals surface area contributed by atoms with Crippen LogP contribution in [0.25, 0.3) is 0 Å². The minimum atomic E-state index is -0.184. The van der Waals surface area contributed by atoms with Gasteiger partial charge in [-0.1, -0.05) is 6.07 Å². The van der Waals surface area contributed by atoms with Crippen molar-refractivity contribution in [1.29, 1.82) is 0 Å². The molecule has 3 rings (SSSR count). The van der Waals surface area contributed by atoms with Gasteiger partial charge in [0.2, 0.25) is 0 Å². The molecule has 0 saturated carbocycles. The Morgan fingerprint density at radius 2 is 2.35 bits per heavy atom. The highest BCUT2D eigenvalue weighted by Crippen LogP contribution is 2.46. The Bertz CT molecular complexity index is 421. The zero-order valence-corrected chi connectivity index (χ0v) is 9.87. The first kappa shape index (κ1) is 10.6. The average Bonchev–Trinajstić information content (AvgIpc) is 2.96. The summed E-state index contributed by atoms with van der Waals surface area (Å²) in [6.07, 6.45) is 4.83. The number of amides is 1. The van der Waals surface area contributed by atoms with E-state index < -0.39 is 0 Å². The fourth-order valence-corrected chi connectivity index (χ4v) is 3.29. The van der Waals surface area contributed by atoms with Gasteiger partial charge in [-0.05, 0) is 31.4 Å². The molecule has 4 nitrogen and oxygen atoms in total. The maximum Gasteiger partial charge on any atom is 0.410 e. The van der Waals surface area contributed by atoms with Crippen LogP contribution in [0.15, 0.2) is 24.4 Å². The molecule has 0 spiro atoms. The van der Waals surface area contributed by atoms with E-state index in [2.05, 4.69) is 11.1 Å². The van der Waals surface area contributed by atoms with E-state index in [0.29, 0.717) is 12.0 Å². The Labute approximate surface area is 101 Å². The van der Waals surface area contributed by atoms with Crippen LogP contribution >= 0.6 is 0 Å². The fraction of sp³-hybridized carbons (Fsp3) is 0.538. The molecule has 0 radical (unpaired) electrons. The van der Waals surface area contributed by atoms with Crippen molar-refractivity contribution in [1.82, 2.24) is 9.88 Å². The Kier molecular flexibility index (Phi) is 2.50. The van der Waals surface area contributed by atoms with Gasteiger partial charge in [0.1, 0.15) is 0 Å². The number of pyridine rings is 1. The third kappa shape index (κ3) is 1.59. The fourth-order valence-electron chi connectivity index (χ4n) is 3.29. The van der Waals surface area contributed by atoms with E-state index >= 15 is 0 Å². The first-order valence-corrected chi connectivity index (χ1v) is 6.08. The van der Waals surface area contributed by atoms with Crippen LogP contribution in [0.4, 0.5) is 4.79 Å². The molecule has 0 unspecified atom stereocenters. The van der Waals surface area contributed by atoms with E-state index in [1.165, 1.54) is 7.11 Å². The molecule has 1 amide bonds. The molecule has 2 aliphatic rings. The van der Waals surface area contributed by atoms with Gasteiger partial charge in [-0.25, -0.2) is 4.79 Å². The molecule has 3 heterocycles. The molecule has 2 fully saturated rings. The molecule has 2 aliphatic heterocycles. The lowest BCUT2D eigenvalue weighted by atomic mass is 9.86.